The van der Waals surface area contributed by atoms with Gasteiger partial charge in [-0.2, -0.15) is 0 Å². The lowest BCUT2D eigenvalue weighted by atomic mass is 9.89. The molecule has 28 heavy (non-hydrogen) atoms. The number of ketones is 1. The molecule has 2 heterocycles. The highest BCUT2D eigenvalue weighted by atomic mass is 19.1. The second-order valence-corrected chi connectivity index (χ2v) is 7.71. The Bertz CT molecular complexity index is 800. The molecule has 5 heteroatoms. The van der Waals surface area contributed by atoms with E-state index in [2.05, 4.69) is 4.90 Å². The second-order valence-electron chi connectivity index (χ2n) is 7.71. The third-order valence-corrected chi connectivity index (χ3v) is 5.68. The smallest absolute Gasteiger partial charge is 0.163 e. The molecule has 2 aliphatic rings. The molecule has 4 rings (SSSR count). The highest BCUT2D eigenvalue weighted by Crippen LogP contribution is 2.31. The van der Waals surface area contributed by atoms with Crippen LogP contribution >= 0.6 is 0 Å². The maximum Gasteiger partial charge on any atom is 0.163 e. The van der Waals surface area contributed by atoms with Crippen LogP contribution in [-0.2, 0) is 0 Å². The van der Waals surface area contributed by atoms with E-state index in [0.29, 0.717) is 24.5 Å². The lowest BCUT2D eigenvalue weighted by Crippen LogP contribution is -2.38. The molecule has 1 unspecified atom stereocenters. The number of para-hydroxylation sites is 2. The van der Waals surface area contributed by atoms with Crippen LogP contribution in [0.25, 0.3) is 0 Å². The summed E-state index contributed by atoms with van der Waals surface area (Å²) in [4.78, 5) is 14.8. The minimum absolute atomic E-state index is 0.0904. The van der Waals surface area contributed by atoms with Crippen molar-refractivity contribution in [3.8, 4) is 11.5 Å². The van der Waals surface area contributed by atoms with Gasteiger partial charge in [0.15, 0.2) is 17.3 Å². The Balaban J connectivity index is 1.19. The van der Waals surface area contributed by atoms with Crippen molar-refractivity contribution < 1.29 is 18.7 Å². The molecular formula is C23H26FNO3. The molecule has 1 atom stereocenters. The molecule has 0 radical (unpaired) electrons. The largest absolute Gasteiger partial charge is 0.486 e. The van der Waals surface area contributed by atoms with Gasteiger partial charge in [0.2, 0.25) is 0 Å². The van der Waals surface area contributed by atoms with E-state index in [4.69, 9.17) is 9.47 Å². The average molecular weight is 383 g/mol. The Morgan fingerprint density at radius 1 is 1.04 bits per heavy atom. The molecule has 2 aromatic carbocycles. The van der Waals surface area contributed by atoms with Crippen molar-refractivity contribution in [2.45, 2.75) is 31.8 Å². The zero-order valence-corrected chi connectivity index (χ0v) is 16.0. The summed E-state index contributed by atoms with van der Waals surface area (Å²) in [6.45, 7) is 3.59. The number of piperidine rings is 1. The van der Waals surface area contributed by atoms with Crippen LogP contribution in [0.2, 0.25) is 0 Å². The van der Waals surface area contributed by atoms with E-state index in [1.165, 1.54) is 12.1 Å². The molecule has 1 saturated heterocycles. The molecular weight excluding hydrogens is 357 g/mol. The number of ether oxygens (including phenoxy) is 2. The lowest BCUT2D eigenvalue weighted by molar-refractivity contribution is 0.0689. The van der Waals surface area contributed by atoms with Gasteiger partial charge in [0.1, 0.15) is 18.5 Å². The van der Waals surface area contributed by atoms with Gasteiger partial charge in [0.05, 0.1) is 0 Å². The summed E-state index contributed by atoms with van der Waals surface area (Å²) < 4.78 is 24.8. The Morgan fingerprint density at radius 2 is 1.75 bits per heavy atom. The Labute approximate surface area is 165 Å². The van der Waals surface area contributed by atoms with Crippen LogP contribution in [0.15, 0.2) is 48.5 Å². The molecule has 0 bridgehead atoms. The molecule has 0 aliphatic carbocycles. The van der Waals surface area contributed by atoms with Crippen molar-refractivity contribution in [2.75, 3.05) is 26.2 Å². The number of nitrogens with zero attached hydrogens (tertiary/aromatic N) is 1. The number of benzene rings is 2. The van der Waals surface area contributed by atoms with Gasteiger partial charge in [-0.3, -0.25) is 4.79 Å². The van der Waals surface area contributed by atoms with Crippen LogP contribution in [0, 0.1) is 11.7 Å². The zero-order chi connectivity index (χ0) is 19.3. The van der Waals surface area contributed by atoms with E-state index >= 15 is 0 Å². The van der Waals surface area contributed by atoms with Crippen LogP contribution in [0.5, 0.6) is 11.5 Å². The minimum Gasteiger partial charge on any atom is -0.486 e. The van der Waals surface area contributed by atoms with Gasteiger partial charge >= 0.3 is 0 Å². The van der Waals surface area contributed by atoms with Crippen LogP contribution in [0.3, 0.4) is 0 Å². The zero-order valence-electron chi connectivity index (χ0n) is 16.0. The number of hydrogen-bond acceptors (Lipinski definition) is 4. The molecule has 0 aromatic heterocycles. The predicted octanol–water partition coefficient (Wildman–Crippen LogP) is 4.34. The maximum atomic E-state index is 13.0. The lowest BCUT2D eigenvalue weighted by Gasteiger charge is -2.33. The van der Waals surface area contributed by atoms with Crippen molar-refractivity contribution in [3.05, 3.63) is 59.9 Å². The van der Waals surface area contributed by atoms with E-state index in [1.54, 1.807) is 12.1 Å². The second kappa shape index (κ2) is 8.74. The molecule has 0 spiro atoms. The molecule has 0 saturated carbocycles. The minimum atomic E-state index is -0.305. The number of rotatable bonds is 6. The molecule has 148 valence electrons. The molecule has 2 aromatic rings. The van der Waals surface area contributed by atoms with Crippen molar-refractivity contribution in [1.82, 2.24) is 4.90 Å². The first-order valence-corrected chi connectivity index (χ1v) is 10.1. The topological polar surface area (TPSA) is 38.8 Å². The summed E-state index contributed by atoms with van der Waals surface area (Å²) in [5, 5.41) is 0. The van der Waals surface area contributed by atoms with Gasteiger partial charge in [0.25, 0.3) is 0 Å². The summed E-state index contributed by atoms with van der Waals surface area (Å²) in [6.07, 6.45) is 3.63. The van der Waals surface area contributed by atoms with E-state index in [1.807, 2.05) is 24.3 Å². The number of hydrogen-bond donors (Lipinski definition) is 0. The quantitative estimate of drug-likeness (QED) is 0.696. The van der Waals surface area contributed by atoms with Crippen molar-refractivity contribution in [1.29, 1.82) is 0 Å². The third-order valence-electron chi connectivity index (χ3n) is 5.68. The van der Waals surface area contributed by atoms with E-state index < -0.39 is 0 Å². The van der Waals surface area contributed by atoms with Gasteiger partial charge < -0.3 is 14.4 Å². The molecule has 2 aliphatic heterocycles. The molecule has 4 nitrogen and oxygen atoms in total. The Hall–Kier alpha value is -2.40. The van der Waals surface area contributed by atoms with Gasteiger partial charge in [-0.1, -0.05) is 12.1 Å². The van der Waals surface area contributed by atoms with Crippen molar-refractivity contribution >= 4 is 5.78 Å². The summed E-state index contributed by atoms with van der Waals surface area (Å²) >= 11 is 0. The summed E-state index contributed by atoms with van der Waals surface area (Å²) in [5.74, 6) is 1.88. The van der Waals surface area contributed by atoms with Gasteiger partial charge in [-0.25, -0.2) is 4.39 Å². The number of carbonyl (C=O) groups excluding carboxylic acids is 1. The average Bonchev–Trinajstić information content (AvgIpc) is 2.73. The number of fused-ring (bicyclic) bond motifs is 1. The normalized spacial score (nSPS) is 20.1. The standard InChI is InChI=1S/C23H26FNO3/c24-19-7-5-18(6-8-19)21(26)15-17-9-12-25(13-10-17)14-11-20-16-27-22-3-1-2-4-23(22)28-20/h1-8,17,20H,9-16H2. The summed E-state index contributed by atoms with van der Waals surface area (Å²) in [6, 6.07) is 13.7. The van der Waals surface area contributed by atoms with Gasteiger partial charge in [0, 0.05) is 24.9 Å². The van der Waals surface area contributed by atoms with Crippen LogP contribution in [0.1, 0.15) is 36.0 Å². The Kier molecular flexibility index (Phi) is 5.91. The number of halogens is 1. The monoisotopic (exact) mass is 383 g/mol. The SMILES string of the molecule is O=C(CC1CCN(CCC2COc3ccccc3O2)CC1)c1ccc(F)cc1. The van der Waals surface area contributed by atoms with E-state index in [0.717, 1.165) is 50.4 Å². The van der Waals surface area contributed by atoms with Crippen LogP contribution < -0.4 is 9.47 Å². The number of likely N-dealkylation sites (tertiary alicyclic amines) is 1. The maximum absolute atomic E-state index is 13.0. The number of carbonyl (C=O) groups is 1. The van der Waals surface area contributed by atoms with Crippen molar-refractivity contribution in [2.24, 2.45) is 5.92 Å². The summed E-state index contributed by atoms with van der Waals surface area (Å²) in [7, 11) is 0. The summed E-state index contributed by atoms with van der Waals surface area (Å²) in [5.41, 5.74) is 0.610. The third kappa shape index (κ3) is 4.71. The van der Waals surface area contributed by atoms with Gasteiger partial charge in [-0.15, -0.1) is 0 Å². The number of Topliss-reactive ketones (excluding diaryl/α,β-unsaturated/α-hetero) is 1. The van der Waals surface area contributed by atoms with E-state index in [9.17, 15) is 9.18 Å². The van der Waals surface area contributed by atoms with Crippen molar-refractivity contribution in [3.63, 3.8) is 0 Å². The fraction of sp³-hybridized carbons (Fsp3) is 0.435. The first kappa shape index (κ1) is 18.9. The molecule has 1 fully saturated rings. The van der Waals surface area contributed by atoms with Gasteiger partial charge in [-0.05, 0) is 68.2 Å². The first-order chi connectivity index (χ1) is 13.7. The fourth-order valence-electron chi connectivity index (χ4n) is 3.96. The highest BCUT2D eigenvalue weighted by Gasteiger charge is 2.25. The van der Waals surface area contributed by atoms with Crippen LogP contribution in [-0.4, -0.2) is 43.0 Å². The predicted molar refractivity (Wildman–Crippen MR) is 105 cm³/mol. The Morgan fingerprint density at radius 3 is 2.50 bits per heavy atom. The van der Waals surface area contributed by atoms with E-state index in [-0.39, 0.29) is 17.7 Å². The van der Waals surface area contributed by atoms with Crippen LogP contribution in [0.4, 0.5) is 4.39 Å². The fourth-order valence-corrected chi connectivity index (χ4v) is 3.96. The first-order valence-electron chi connectivity index (χ1n) is 10.1. The molecule has 0 amide bonds. The molecule has 0 N–H and O–H groups in total. The highest BCUT2D eigenvalue weighted by molar-refractivity contribution is 5.96.